The Morgan fingerprint density at radius 1 is 1.33 bits per heavy atom. The molecule has 0 aliphatic heterocycles. The number of alkyl halides is 1. The second-order valence-electron chi connectivity index (χ2n) is 3.98. The molecule has 0 aliphatic rings. The molecule has 0 heterocycles. The topological polar surface area (TPSA) is 0 Å². The maximum Gasteiger partial charge on any atom is 0.0421 e. The summed E-state index contributed by atoms with van der Waals surface area (Å²) < 4.78 is 0. The summed E-state index contributed by atoms with van der Waals surface area (Å²) in [7, 11) is 0. The van der Waals surface area contributed by atoms with Gasteiger partial charge in [0.05, 0.1) is 0 Å². The van der Waals surface area contributed by atoms with Crippen molar-refractivity contribution in [3.05, 3.63) is 11.6 Å². The van der Waals surface area contributed by atoms with Crippen LogP contribution < -0.4 is 0 Å². The highest BCUT2D eigenvalue weighted by molar-refractivity contribution is 6.23. The third-order valence-electron chi connectivity index (χ3n) is 1.99. The minimum atomic E-state index is 0.0146. The quantitative estimate of drug-likeness (QED) is 0.439. The van der Waals surface area contributed by atoms with Gasteiger partial charge in [0.1, 0.15) is 0 Å². The molecule has 0 fully saturated rings. The fourth-order valence-electron chi connectivity index (χ4n) is 1.31. The minimum absolute atomic E-state index is 0.0146. The second kappa shape index (κ2) is 5.64. The number of hydrogen-bond donors (Lipinski definition) is 0. The van der Waals surface area contributed by atoms with Gasteiger partial charge in [0.15, 0.2) is 0 Å². The van der Waals surface area contributed by atoms with E-state index in [2.05, 4.69) is 33.8 Å². The first-order valence-corrected chi connectivity index (χ1v) is 5.18. The van der Waals surface area contributed by atoms with Gasteiger partial charge in [-0.05, 0) is 40.0 Å². The van der Waals surface area contributed by atoms with Crippen LogP contribution in [-0.2, 0) is 0 Å². The summed E-state index contributed by atoms with van der Waals surface area (Å²) in [5.74, 6) is 0. The van der Waals surface area contributed by atoms with Crippen LogP contribution in [0.4, 0.5) is 0 Å². The van der Waals surface area contributed by atoms with E-state index in [0.29, 0.717) is 0 Å². The first-order chi connectivity index (χ1) is 5.48. The molecule has 0 nitrogen and oxygen atoms in total. The Labute approximate surface area is 82.0 Å². The molecular formula is C11H21Cl. The molecule has 0 radical (unpaired) electrons. The SMILES string of the molecule is CCCC(C)(Cl)CCC=C(C)C. The van der Waals surface area contributed by atoms with E-state index in [1.165, 1.54) is 12.0 Å². The smallest absolute Gasteiger partial charge is 0.0421 e. The normalized spacial score (nSPS) is 15.4. The van der Waals surface area contributed by atoms with Crippen LogP contribution in [0.25, 0.3) is 0 Å². The van der Waals surface area contributed by atoms with Crippen LogP contribution in [0.2, 0.25) is 0 Å². The molecule has 0 saturated carbocycles. The Kier molecular flexibility index (Phi) is 5.65. The van der Waals surface area contributed by atoms with E-state index >= 15 is 0 Å². The van der Waals surface area contributed by atoms with Gasteiger partial charge >= 0.3 is 0 Å². The third-order valence-corrected chi connectivity index (χ3v) is 2.37. The van der Waals surface area contributed by atoms with Gasteiger partial charge in [-0.3, -0.25) is 0 Å². The molecule has 0 aromatic heterocycles. The van der Waals surface area contributed by atoms with Crippen molar-refractivity contribution in [3.63, 3.8) is 0 Å². The molecule has 0 rings (SSSR count). The van der Waals surface area contributed by atoms with E-state index in [-0.39, 0.29) is 4.87 Å². The van der Waals surface area contributed by atoms with E-state index in [9.17, 15) is 0 Å². The van der Waals surface area contributed by atoms with Crippen molar-refractivity contribution in [3.8, 4) is 0 Å². The number of halogens is 1. The van der Waals surface area contributed by atoms with Crippen molar-refractivity contribution in [1.29, 1.82) is 0 Å². The lowest BCUT2D eigenvalue weighted by Crippen LogP contribution is -2.14. The Bertz CT molecular complexity index is 141. The van der Waals surface area contributed by atoms with Gasteiger partial charge in [-0.1, -0.05) is 25.0 Å². The van der Waals surface area contributed by atoms with Crippen LogP contribution in [0.1, 0.15) is 53.4 Å². The Morgan fingerprint density at radius 3 is 2.33 bits per heavy atom. The van der Waals surface area contributed by atoms with Gasteiger partial charge in [-0.15, -0.1) is 11.6 Å². The molecule has 0 saturated heterocycles. The van der Waals surface area contributed by atoms with Gasteiger partial charge < -0.3 is 0 Å². The van der Waals surface area contributed by atoms with Gasteiger partial charge in [-0.2, -0.15) is 0 Å². The fraction of sp³-hybridized carbons (Fsp3) is 0.818. The third kappa shape index (κ3) is 6.72. The highest BCUT2D eigenvalue weighted by atomic mass is 35.5. The average Bonchev–Trinajstić information content (AvgIpc) is 1.85. The zero-order valence-electron chi connectivity index (χ0n) is 8.78. The Hall–Kier alpha value is 0.0300. The average molecular weight is 189 g/mol. The lowest BCUT2D eigenvalue weighted by atomic mass is 9.98. The van der Waals surface area contributed by atoms with Crippen molar-refractivity contribution in [1.82, 2.24) is 0 Å². The maximum atomic E-state index is 6.29. The van der Waals surface area contributed by atoms with E-state index in [1.807, 2.05) is 0 Å². The summed E-state index contributed by atoms with van der Waals surface area (Å²) >= 11 is 6.29. The van der Waals surface area contributed by atoms with E-state index in [1.54, 1.807) is 0 Å². The van der Waals surface area contributed by atoms with Gasteiger partial charge in [0.25, 0.3) is 0 Å². The van der Waals surface area contributed by atoms with E-state index in [4.69, 9.17) is 11.6 Å². The minimum Gasteiger partial charge on any atom is -0.120 e. The summed E-state index contributed by atoms with van der Waals surface area (Å²) in [6, 6.07) is 0. The molecule has 1 heteroatoms. The highest BCUT2D eigenvalue weighted by Gasteiger charge is 2.17. The first-order valence-electron chi connectivity index (χ1n) is 4.80. The molecule has 1 atom stereocenters. The van der Waals surface area contributed by atoms with Crippen LogP contribution in [0.5, 0.6) is 0 Å². The molecule has 0 N–H and O–H groups in total. The molecule has 1 unspecified atom stereocenters. The van der Waals surface area contributed by atoms with Gasteiger partial charge in [0.2, 0.25) is 0 Å². The zero-order chi connectivity index (χ0) is 9.61. The molecule has 0 bridgehead atoms. The Balaban J connectivity index is 3.68. The van der Waals surface area contributed by atoms with Crippen molar-refractivity contribution < 1.29 is 0 Å². The molecule has 0 aliphatic carbocycles. The van der Waals surface area contributed by atoms with Crippen molar-refractivity contribution in [2.45, 2.75) is 58.3 Å². The summed E-state index contributed by atoms with van der Waals surface area (Å²) in [5.41, 5.74) is 1.39. The number of allylic oxidation sites excluding steroid dienone is 2. The molecule has 72 valence electrons. The second-order valence-corrected chi connectivity index (χ2v) is 4.90. The first kappa shape index (κ1) is 12.0. The number of hydrogen-bond acceptors (Lipinski definition) is 0. The fourth-order valence-corrected chi connectivity index (χ4v) is 1.61. The van der Waals surface area contributed by atoms with Gasteiger partial charge in [0, 0.05) is 4.87 Å². The van der Waals surface area contributed by atoms with Crippen LogP contribution in [0, 0.1) is 0 Å². The lowest BCUT2D eigenvalue weighted by molar-refractivity contribution is 0.528. The maximum absolute atomic E-state index is 6.29. The van der Waals surface area contributed by atoms with Crippen LogP contribution in [0.15, 0.2) is 11.6 Å². The predicted octanol–water partition coefficient (Wildman–Crippen LogP) is 4.53. The van der Waals surface area contributed by atoms with Crippen LogP contribution >= 0.6 is 11.6 Å². The molecular weight excluding hydrogens is 168 g/mol. The standard InChI is InChI=1S/C11H21Cl/c1-5-8-11(4,12)9-6-7-10(2)3/h7H,5-6,8-9H2,1-4H3. The van der Waals surface area contributed by atoms with E-state index < -0.39 is 0 Å². The highest BCUT2D eigenvalue weighted by Crippen LogP contribution is 2.26. The van der Waals surface area contributed by atoms with Crippen LogP contribution in [-0.4, -0.2) is 4.87 Å². The summed E-state index contributed by atoms with van der Waals surface area (Å²) in [5, 5.41) is 0. The molecule has 12 heavy (non-hydrogen) atoms. The Morgan fingerprint density at radius 2 is 1.92 bits per heavy atom. The summed E-state index contributed by atoms with van der Waals surface area (Å²) in [6.07, 6.45) is 6.76. The van der Waals surface area contributed by atoms with E-state index in [0.717, 1.165) is 19.3 Å². The summed E-state index contributed by atoms with van der Waals surface area (Å²) in [4.78, 5) is 0.0146. The predicted molar refractivity (Wildman–Crippen MR) is 57.8 cm³/mol. The van der Waals surface area contributed by atoms with Gasteiger partial charge in [-0.25, -0.2) is 0 Å². The van der Waals surface area contributed by atoms with Crippen molar-refractivity contribution >= 4 is 11.6 Å². The largest absolute Gasteiger partial charge is 0.120 e. The van der Waals surface area contributed by atoms with Crippen molar-refractivity contribution in [2.24, 2.45) is 0 Å². The molecule has 0 spiro atoms. The zero-order valence-corrected chi connectivity index (χ0v) is 9.54. The molecule has 0 aromatic carbocycles. The lowest BCUT2D eigenvalue weighted by Gasteiger charge is -2.20. The molecule has 0 amide bonds. The number of rotatable bonds is 5. The summed E-state index contributed by atoms with van der Waals surface area (Å²) in [6.45, 7) is 8.58. The molecule has 0 aromatic rings. The van der Waals surface area contributed by atoms with Crippen LogP contribution in [0.3, 0.4) is 0 Å². The monoisotopic (exact) mass is 188 g/mol. The van der Waals surface area contributed by atoms with Crippen molar-refractivity contribution in [2.75, 3.05) is 0 Å².